The van der Waals surface area contributed by atoms with Crippen molar-refractivity contribution in [3.8, 4) is 5.75 Å². The summed E-state index contributed by atoms with van der Waals surface area (Å²) in [6.45, 7) is 1.80. The van der Waals surface area contributed by atoms with Crippen molar-refractivity contribution in [1.29, 1.82) is 0 Å². The molecule has 0 atom stereocenters. The highest BCUT2D eigenvalue weighted by molar-refractivity contribution is 5.95. The van der Waals surface area contributed by atoms with Crippen LogP contribution < -0.4 is 15.4 Å². The van der Waals surface area contributed by atoms with E-state index in [0.29, 0.717) is 23.5 Å². The maximum atomic E-state index is 12.5. The number of benzene rings is 2. The van der Waals surface area contributed by atoms with Crippen LogP contribution in [0.3, 0.4) is 0 Å². The second-order valence-corrected chi connectivity index (χ2v) is 8.06. The van der Waals surface area contributed by atoms with Crippen LogP contribution in [0, 0.1) is 5.92 Å². The topological polar surface area (TPSA) is 87.7 Å². The van der Waals surface area contributed by atoms with Gasteiger partial charge in [0.2, 0.25) is 5.91 Å². The molecule has 2 aromatic rings. The van der Waals surface area contributed by atoms with E-state index in [1.54, 1.807) is 24.3 Å². The summed E-state index contributed by atoms with van der Waals surface area (Å²) in [4.78, 5) is 38.5. The van der Waals surface area contributed by atoms with Gasteiger partial charge in [0, 0.05) is 42.9 Å². The van der Waals surface area contributed by atoms with Gasteiger partial charge in [0.15, 0.2) is 6.61 Å². The molecule has 7 heteroatoms. The van der Waals surface area contributed by atoms with E-state index in [1.807, 2.05) is 29.2 Å². The summed E-state index contributed by atoms with van der Waals surface area (Å²) in [7, 11) is 0. The van der Waals surface area contributed by atoms with Gasteiger partial charge in [0.05, 0.1) is 0 Å². The number of amides is 3. The predicted molar refractivity (Wildman–Crippen MR) is 117 cm³/mol. The number of carbonyl (C=O) groups is 3. The first-order chi connectivity index (χ1) is 15.1. The van der Waals surface area contributed by atoms with Crippen molar-refractivity contribution < 1.29 is 19.1 Å². The van der Waals surface area contributed by atoms with Crippen molar-refractivity contribution in [2.75, 3.05) is 25.0 Å². The Morgan fingerprint density at radius 2 is 1.77 bits per heavy atom. The van der Waals surface area contributed by atoms with E-state index >= 15 is 0 Å². The third-order valence-electron chi connectivity index (χ3n) is 5.48. The molecular weight excluding hydrogens is 394 g/mol. The molecular formula is C24H27N3O4. The van der Waals surface area contributed by atoms with Gasteiger partial charge in [-0.15, -0.1) is 0 Å². The average Bonchev–Trinajstić information content (AvgIpc) is 3.51. The Labute approximate surface area is 181 Å². The lowest BCUT2D eigenvalue weighted by Crippen LogP contribution is -2.29. The second-order valence-electron chi connectivity index (χ2n) is 8.06. The number of nitrogens with zero attached hydrogens (tertiary/aromatic N) is 1. The first-order valence-corrected chi connectivity index (χ1v) is 10.8. The molecule has 7 nitrogen and oxygen atoms in total. The molecule has 1 heterocycles. The van der Waals surface area contributed by atoms with E-state index in [0.717, 1.165) is 44.3 Å². The van der Waals surface area contributed by atoms with E-state index in [-0.39, 0.29) is 30.2 Å². The van der Waals surface area contributed by atoms with Crippen molar-refractivity contribution in [2.24, 2.45) is 5.92 Å². The standard InChI is InChI=1S/C24H27N3O4/c28-22(16-31-21-8-4-7-20(14-21)26-23(29)18-9-10-18)25-15-17-5-3-6-19(13-17)24(30)27-11-1-2-12-27/h3-8,13-14,18H,1-2,9-12,15-16H2,(H,25,28)(H,26,29). The van der Waals surface area contributed by atoms with Crippen molar-refractivity contribution in [2.45, 2.75) is 32.2 Å². The minimum Gasteiger partial charge on any atom is -0.484 e. The number of hydrogen-bond donors (Lipinski definition) is 2. The lowest BCUT2D eigenvalue weighted by atomic mass is 10.1. The molecule has 4 rings (SSSR count). The van der Waals surface area contributed by atoms with E-state index in [9.17, 15) is 14.4 Å². The molecule has 1 aliphatic heterocycles. The number of ether oxygens (including phenoxy) is 1. The van der Waals surface area contributed by atoms with Gasteiger partial charge in [-0.05, 0) is 55.5 Å². The summed E-state index contributed by atoms with van der Waals surface area (Å²) in [5.41, 5.74) is 2.17. The van der Waals surface area contributed by atoms with Gasteiger partial charge < -0.3 is 20.3 Å². The van der Waals surface area contributed by atoms with Crippen LogP contribution in [-0.4, -0.2) is 42.3 Å². The Balaban J connectivity index is 1.24. The van der Waals surface area contributed by atoms with Crippen LogP contribution in [0.1, 0.15) is 41.6 Å². The maximum Gasteiger partial charge on any atom is 0.258 e. The normalized spacial score (nSPS) is 15.4. The lowest BCUT2D eigenvalue weighted by Gasteiger charge is -2.15. The minimum atomic E-state index is -0.260. The van der Waals surface area contributed by atoms with E-state index < -0.39 is 0 Å². The molecule has 2 aliphatic rings. The predicted octanol–water partition coefficient (Wildman–Crippen LogP) is 2.97. The number of rotatable bonds is 8. The van der Waals surface area contributed by atoms with Crippen LogP contribution in [0.25, 0.3) is 0 Å². The van der Waals surface area contributed by atoms with Crippen LogP contribution in [0.5, 0.6) is 5.75 Å². The van der Waals surface area contributed by atoms with Gasteiger partial charge in [0.1, 0.15) is 5.75 Å². The summed E-state index contributed by atoms with van der Waals surface area (Å²) in [5, 5.41) is 5.68. The third-order valence-corrected chi connectivity index (χ3v) is 5.48. The zero-order valence-corrected chi connectivity index (χ0v) is 17.4. The highest BCUT2D eigenvalue weighted by atomic mass is 16.5. The largest absolute Gasteiger partial charge is 0.484 e. The number of anilines is 1. The van der Waals surface area contributed by atoms with Crippen LogP contribution in [0.4, 0.5) is 5.69 Å². The molecule has 162 valence electrons. The first kappa shape index (κ1) is 20.9. The Morgan fingerprint density at radius 3 is 2.55 bits per heavy atom. The molecule has 2 N–H and O–H groups in total. The Hall–Kier alpha value is -3.35. The Morgan fingerprint density at radius 1 is 1.00 bits per heavy atom. The summed E-state index contributed by atoms with van der Waals surface area (Å²) in [6, 6.07) is 14.4. The number of hydrogen-bond acceptors (Lipinski definition) is 4. The first-order valence-electron chi connectivity index (χ1n) is 10.8. The van der Waals surface area contributed by atoms with E-state index in [2.05, 4.69) is 10.6 Å². The quantitative estimate of drug-likeness (QED) is 0.686. The van der Waals surface area contributed by atoms with Crippen molar-refractivity contribution >= 4 is 23.4 Å². The third kappa shape index (κ3) is 5.84. The van der Waals surface area contributed by atoms with Crippen LogP contribution in [0.2, 0.25) is 0 Å². The zero-order valence-electron chi connectivity index (χ0n) is 17.4. The van der Waals surface area contributed by atoms with Crippen LogP contribution in [0.15, 0.2) is 48.5 Å². The van der Waals surface area contributed by atoms with Crippen LogP contribution in [-0.2, 0) is 16.1 Å². The fourth-order valence-electron chi connectivity index (χ4n) is 3.57. The smallest absolute Gasteiger partial charge is 0.258 e. The number of nitrogens with one attached hydrogen (secondary N) is 2. The fraction of sp³-hybridized carbons (Fsp3) is 0.375. The Bertz CT molecular complexity index is 965. The molecule has 1 saturated carbocycles. The summed E-state index contributed by atoms with van der Waals surface area (Å²) >= 11 is 0. The van der Waals surface area contributed by atoms with Gasteiger partial charge in [-0.1, -0.05) is 18.2 Å². The molecule has 1 aliphatic carbocycles. The molecule has 0 unspecified atom stereocenters. The van der Waals surface area contributed by atoms with Gasteiger partial charge in [0.25, 0.3) is 11.8 Å². The number of likely N-dealkylation sites (tertiary alicyclic amines) is 1. The van der Waals surface area contributed by atoms with Gasteiger partial charge in [-0.3, -0.25) is 14.4 Å². The fourth-order valence-corrected chi connectivity index (χ4v) is 3.57. The van der Waals surface area contributed by atoms with E-state index in [4.69, 9.17) is 4.74 Å². The summed E-state index contributed by atoms with van der Waals surface area (Å²) < 4.78 is 5.56. The SMILES string of the molecule is O=C(COc1cccc(NC(=O)C2CC2)c1)NCc1cccc(C(=O)N2CCCC2)c1. The van der Waals surface area contributed by atoms with Gasteiger partial charge >= 0.3 is 0 Å². The molecule has 1 saturated heterocycles. The molecule has 0 bridgehead atoms. The van der Waals surface area contributed by atoms with Crippen molar-refractivity contribution in [1.82, 2.24) is 10.2 Å². The molecule has 0 radical (unpaired) electrons. The summed E-state index contributed by atoms with van der Waals surface area (Å²) in [5.74, 6) is 0.452. The number of carbonyl (C=O) groups excluding carboxylic acids is 3. The van der Waals surface area contributed by atoms with Crippen molar-refractivity contribution in [3.05, 3.63) is 59.7 Å². The van der Waals surface area contributed by atoms with Crippen molar-refractivity contribution in [3.63, 3.8) is 0 Å². The molecule has 0 aromatic heterocycles. The van der Waals surface area contributed by atoms with Gasteiger partial charge in [-0.25, -0.2) is 0 Å². The maximum absolute atomic E-state index is 12.5. The molecule has 2 aromatic carbocycles. The molecule has 0 spiro atoms. The van der Waals surface area contributed by atoms with Crippen LogP contribution >= 0.6 is 0 Å². The monoisotopic (exact) mass is 421 g/mol. The second kappa shape index (κ2) is 9.64. The summed E-state index contributed by atoms with van der Waals surface area (Å²) in [6.07, 6.45) is 3.99. The molecule has 2 fully saturated rings. The lowest BCUT2D eigenvalue weighted by molar-refractivity contribution is -0.123. The highest BCUT2D eigenvalue weighted by Crippen LogP contribution is 2.30. The van der Waals surface area contributed by atoms with E-state index in [1.165, 1.54) is 0 Å². The molecule has 31 heavy (non-hydrogen) atoms. The van der Waals surface area contributed by atoms with Gasteiger partial charge in [-0.2, -0.15) is 0 Å². The zero-order chi connectivity index (χ0) is 21.6. The average molecular weight is 421 g/mol. The molecule has 3 amide bonds. The minimum absolute atomic E-state index is 0.0281. The highest BCUT2D eigenvalue weighted by Gasteiger charge is 2.29. The Kier molecular flexibility index (Phi) is 6.50.